The van der Waals surface area contributed by atoms with Crippen LogP contribution in [0.1, 0.15) is 37.3 Å². The Morgan fingerprint density at radius 2 is 1.95 bits per heavy atom. The molecule has 1 aromatic carbocycles. The van der Waals surface area contributed by atoms with Crippen LogP contribution in [0, 0.1) is 5.41 Å². The van der Waals surface area contributed by atoms with E-state index in [2.05, 4.69) is 19.1 Å². The molecule has 19 heavy (non-hydrogen) atoms. The molecule has 2 unspecified atom stereocenters. The van der Waals surface area contributed by atoms with Crippen LogP contribution in [0.4, 0.5) is 0 Å². The number of rotatable bonds is 3. The Balaban J connectivity index is 1.81. The predicted molar refractivity (Wildman–Crippen MR) is 72.1 cm³/mol. The monoisotopic (exact) mass is 260 g/mol. The van der Waals surface area contributed by atoms with Crippen molar-refractivity contribution in [1.29, 1.82) is 0 Å². The number of carboxylic acids is 1. The normalized spacial score (nSPS) is 28.3. The average molecular weight is 260 g/mol. The molecule has 3 rings (SSSR count). The number of carbonyl (C=O) groups is 1. The molecule has 0 aromatic heterocycles. The Morgan fingerprint density at radius 3 is 2.42 bits per heavy atom. The van der Waals surface area contributed by atoms with Gasteiger partial charge in [-0.1, -0.05) is 24.3 Å². The first-order valence-corrected chi connectivity index (χ1v) is 7.05. The van der Waals surface area contributed by atoms with Gasteiger partial charge in [0.2, 0.25) is 0 Å². The summed E-state index contributed by atoms with van der Waals surface area (Å²) in [6.07, 6.45) is 4.36. The lowest BCUT2D eigenvalue weighted by molar-refractivity contribution is -0.150. The van der Waals surface area contributed by atoms with Crippen LogP contribution in [0.3, 0.4) is 0 Å². The van der Waals surface area contributed by atoms with Gasteiger partial charge >= 0.3 is 5.97 Å². The highest BCUT2D eigenvalue weighted by Gasteiger charge is 2.46. The third-order valence-corrected chi connectivity index (χ3v) is 4.57. The van der Waals surface area contributed by atoms with E-state index in [-0.39, 0.29) is 12.2 Å². The molecule has 0 spiro atoms. The van der Waals surface area contributed by atoms with Gasteiger partial charge in [-0.3, -0.25) is 4.79 Å². The van der Waals surface area contributed by atoms with Crippen LogP contribution in [-0.4, -0.2) is 23.3 Å². The van der Waals surface area contributed by atoms with Gasteiger partial charge in [0, 0.05) is 0 Å². The van der Waals surface area contributed by atoms with Gasteiger partial charge in [0.05, 0.1) is 17.6 Å². The van der Waals surface area contributed by atoms with Crippen molar-refractivity contribution >= 4 is 5.97 Å². The van der Waals surface area contributed by atoms with Crippen LogP contribution < -0.4 is 0 Å². The molecule has 2 atom stereocenters. The summed E-state index contributed by atoms with van der Waals surface area (Å²) in [5, 5.41) is 9.71. The number of aliphatic carboxylic acids is 1. The number of carboxylic acid groups (broad SMARTS) is 1. The fourth-order valence-corrected chi connectivity index (χ4v) is 3.55. The fourth-order valence-electron chi connectivity index (χ4n) is 3.55. The largest absolute Gasteiger partial charge is 0.481 e. The van der Waals surface area contributed by atoms with Crippen molar-refractivity contribution in [3.8, 4) is 0 Å². The van der Waals surface area contributed by atoms with Gasteiger partial charge in [-0.25, -0.2) is 0 Å². The lowest BCUT2D eigenvalue weighted by atomic mass is 9.79. The quantitative estimate of drug-likeness (QED) is 0.909. The van der Waals surface area contributed by atoms with Crippen molar-refractivity contribution in [2.75, 3.05) is 0 Å². The SMILES string of the molecule is CC1CCC(CC2(C(=O)O)Cc3ccccc3C2)O1. The van der Waals surface area contributed by atoms with Crippen molar-refractivity contribution < 1.29 is 14.6 Å². The highest BCUT2D eigenvalue weighted by Crippen LogP contribution is 2.43. The van der Waals surface area contributed by atoms with Crippen LogP contribution in [0.2, 0.25) is 0 Å². The Morgan fingerprint density at radius 1 is 1.32 bits per heavy atom. The van der Waals surface area contributed by atoms with Crippen LogP contribution in [0.5, 0.6) is 0 Å². The zero-order valence-electron chi connectivity index (χ0n) is 11.3. The Kier molecular flexibility index (Phi) is 3.09. The van der Waals surface area contributed by atoms with Gasteiger partial charge in [0.15, 0.2) is 0 Å². The van der Waals surface area contributed by atoms with Crippen molar-refractivity contribution in [3.63, 3.8) is 0 Å². The standard InChI is InChI=1S/C16H20O3/c1-11-6-7-14(19-11)10-16(15(17)18)8-12-4-2-3-5-13(12)9-16/h2-5,11,14H,6-10H2,1H3,(H,17,18). The summed E-state index contributed by atoms with van der Waals surface area (Å²) in [5.41, 5.74) is 1.73. The molecule has 1 aromatic rings. The van der Waals surface area contributed by atoms with E-state index in [1.54, 1.807) is 0 Å². The number of hydrogen-bond donors (Lipinski definition) is 1. The molecule has 0 amide bonds. The second-order valence-corrected chi connectivity index (χ2v) is 6.06. The molecular weight excluding hydrogens is 240 g/mol. The molecule has 3 heteroatoms. The molecule has 102 valence electrons. The molecule has 1 heterocycles. The minimum Gasteiger partial charge on any atom is -0.481 e. The van der Waals surface area contributed by atoms with Crippen molar-refractivity contribution in [2.24, 2.45) is 5.41 Å². The zero-order chi connectivity index (χ0) is 13.5. The summed E-state index contributed by atoms with van der Waals surface area (Å²) >= 11 is 0. The van der Waals surface area contributed by atoms with Crippen LogP contribution >= 0.6 is 0 Å². The van der Waals surface area contributed by atoms with Crippen molar-refractivity contribution in [3.05, 3.63) is 35.4 Å². The van der Waals surface area contributed by atoms with Gasteiger partial charge in [-0.05, 0) is 50.2 Å². The Bertz CT molecular complexity index is 470. The second kappa shape index (κ2) is 4.64. The van der Waals surface area contributed by atoms with E-state index < -0.39 is 11.4 Å². The maximum absolute atomic E-state index is 11.8. The third-order valence-electron chi connectivity index (χ3n) is 4.57. The molecule has 0 saturated carbocycles. The van der Waals surface area contributed by atoms with Crippen molar-refractivity contribution in [2.45, 2.75) is 51.2 Å². The summed E-state index contributed by atoms with van der Waals surface area (Å²) < 4.78 is 5.83. The third kappa shape index (κ3) is 2.27. The van der Waals surface area contributed by atoms with E-state index in [4.69, 9.17) is 4.74 Å². The summed E-state index contributed by atoms with van der Waals surface area (Å²) in [4.78, 5) is 11.8. The molecule has 2 aliphatic rings. The lowest BCUT2D eigenvalue weighted by Crippen LogP contribution is -2.35. The molecule has 1 aliphatic heterocycles. The summed E-state index contributed by atoms with van der Waals surface area (Å²) in [6.45, 7) is 2.07. The molecule has 0 radical (unpaired) electrons. The Labute approximate surface area is 113 Å². The zero-order valence-corrected chi connectivity index (χ0v) is 11.3. The molecule has 3 nitrogen and oxygen atoms in total. The highest BCUT2D eigenvalue weighted by atomic mass is 16.5. The minimum atomic E-state index is -0.674. The van der Waals surface area contributed by atoms with E-state index in [0.29, 0.717) is 19.3 Å². The highest BCUT2D eigenvalue weighted by molar-refractivity contribution is 5.77. The second-order valence-electron chi connectivity index (χ2n) is 6.06. The van der Waals surface area contributed by atoms with Crippen LogP contribution in [0.15, 0.2) is 24.3 Å². The number of ether oxygens (including phenoxy) is 1. The smallest absolute Gasteiger partial charge is 0.310 e. The number of benzene rings is 1. The summed E-state index contributed by atoms with van der Waals surface area (Å²) in [6, 6.07) is 8.09. The van der Waals surface area contributed by atoms with E-state index in [9.17, 15) is 9.90 Å². The van der Waals surface area contributed by atoms with Gasteiger partial charge in [-0.15, -0.1) is 0 Å². The molecule has 0 bridgehead atoms. The van der Waals surface area contributed by atoms with Crippen LogP contribution in [-0.2, 0) is 22.4 Å². The fraction of sp³-hybridized carbons (Fsp3) is 0.562. The van der Waals surface area contributed by atoms with E-state index >= 15 is 0 Å². The molecule has 1 fully saturated rings. The first-order valence-electron chi connectivity index (χ1n) is 7.05. The molecule has 1 N–H and O–H groups in total. The number of fused-ring (bicyclic) bond motifs is 1. The van der Waals surface area contributed by atoms with E-state index in [0.717, 1.165) is 12.8 Å². The number of hydrogen-bond acceptors (Lipinski definition) is 2. The molecule has 1 aliphatic carbocycles. The molecular formula is C16H20O3. The van der Waals surface area contributed by atoms with Crippen molar-refractivity contribution in [1.82, 2.24) is 0 Å². The Hall–Kier alpha value is -1.35. The summed E-state index contributed by atoms with van der Waals surface area (Å²) in [7, 11) is 0. The van der Waals surface area contributed by atoms with Crippen LogP contribution in [0.25, 0.3) is 0 Å². The first kappa shape index (κ1) is 12.7. The predicted octanol–water partition coefficient (Wildman–Crippen LogP) is 2.81. The van der Waals surface area contributed by atoms with E-state index in [1.807, 2.05) is 12.1 Å². The van der Waals surface area contributed by atoms with Gasteiger partial charge in [-0.2, -0.15) is 0 Å². The topological polar surface area (TPSA) is 46.5 Å². The maximum atomic E-state index is 11.8. The lowest BCUT2D eigenvalue weighted by Gasteiger charge is -2.27. The molecule has 1 saturated heterocycles. The van der Waals surface area contributed by atoms with Gasteiger partial charge < -0.3 is 9.84 Å². The van der Waals surface area contributed by atoms with Gasteiger partial charge in [0.25, 0.3) is 0 Å². The maximum Gasteiger partial charge on any atom is 0.310 e. The average Bonchev–Trinajstić information content (AvgIpc) is 2.93. The first-order chi connectivity index (χ1) is 9.09. The van der Waals surface area contributed by atoms with E-state index in [1.165, 1.54) is 11.1 Å². The minimum absolute atomic E-state index is 0.111. The summed E-state index contributed by atoms with van der Waals surface area (Å²) in [5.74, 6) is -0.674. The van der Waals surface area contributed by atoms with Gasteiger partial charge in [0.1, 0.15) is 0 Å².